The molecule has 1 aromatic rings. The van der Waals surface area contributed by atoms with E-state index >= 15 is 0 Å². The number of nitrogens with zero attached hydrogens (tertiary/aromatic N) is 2. The van der Waals surface area contributed by atoms with Gasteiger partial charge in [0.1, 0.15) is 5.75 Å². The van der Waals surface area contributed by atoms with E-state index in [0.29, 0.717) is 5.75 Å². The standard InChI is InChI=1S/C20H25N3O4/c1-27-19-8-7-17(23(25)26)13-18(19)20(24)21-16-9-11-22(12-10-16)14-15-5-3-2-4-6-15/h2-3,6-8,13,16H,4-5,9-12,14H2,1H3,(H,21,24). The molecule has 2 aliphatic rings. The molecule has 1 heterocycles. The highest BCUT2D eigenvalue weighted by atomic mass is 16.6. The molecule has 1 amide bonds. The van der Waals surface area contributed by atoms with Crippen LogP contribution >= 0.6 is 0 Å². The normalized spacial score (nSPS) is 18.0. The third-order valence-electron chi connectivity index (χ3n) is 5.08. The van der Waals surface area contributed by atoms with Gasteiger partial charge >= 0.3 is 0 Å². The van der Waals surface area contributed by atoms with Crippen LogP contribution in [0.4, 0.5) is 5.69 Å². The molecule has 1 N–H and O–H groups in total. The number of hydrogen-bond donors (Lipinski definition) is 1. The molecule has 0 saturated carbocycles. The Hall–Kier alpha value is -2.67. The quantitative estimate of drug-likeness (QED) is 0.472. The topological polar surface area (TPSA) is 84.7 Å². The van der Waals surface area contributed by atoms with Gasteiger partial charge in [-0.05, 0) is 31.7 Å². The highest BCUT2D eigenvalue weighted by molar-refractivity contribution is 5.97. The van der Waals surface area contributed by atoms with Crippen LogP contribution in [0.3, 0.4) is 0 Å². The molecule has 1 aromatic carbocycles. The summed E-state index contributed by atoms with van der Waals surface area (Å²) >= 11 is 0. The van der Waals surface area contributed by atoms with E-state index in [1.165, 1.54) is 30.9 Å². The maximum Gasteiger partial charge on any atom is 0.270 e. The monoisotopic (exact) mass is 371 g/mol. The number of amides is 1. The fourth-order valence-corrected chi connectivity index (χ4v) is 3.55. The molecule has 27 heavy (non-hydrogen) atoms. The van der Waals surface area contributed by atoms with Crippen molar-refractivity contribution in [1.29, 1.82) is 0 Å². The van der Waals surface area contributed by atoms with E-state index in [0.717, 1.165) is 45.3 Å². The van der Waals surface area contributed by atoms with Gasteiger partial charge in [-0.1, -0.05) is 23.8 Å². The number of carbonyl (C=O) groups is 1. The molecule has 7 heteroatoms. The van der Waals surface area contributed by atoms with Gasteiger partial charge in [0.05, 0.1) is 17.6 Å². The molecule has 144 valence electrons. The van der Waals surface area contributed by atoms with E-state index in [2.05, 4.69) is 28.4 Å². The number of carbonyl (C=O) groups excluding carboxylic acids is 1. The first-order valence-corrected chi connectivity index (χ1v) is 9.25. The lowest BCUT2D eigenvalue weighted by Crippen LogP contribution is -2.45. The molecule has 0 unspecified atom stereocenters. The first-order chi connectivity index (χ1) is 13.1. The van der Waals surface area contributed by atoms with E-state index in [-0.39, 0.29) is 23.2 Å². The lowest BCUT2D eigenvalue weighted by Gasteiger charge is -2.33. The lowest BCUT2D eigenvalue weighted by atomic mass is 10.0. The highest BCUT2D eigenvalue weighted by Gasteiger charge is 2.24. The molecule has 0 aromatic heterocycles. The summed E-state index contributed by atoms with van der Waals surface area (Å²) in [5, 5.41) is 14.0. The number of nitrogens with one attached hydrogen (secondary N) is 1. The zero-order valence-electron chi connectivity index (χ0n) is 15.5. The summed E-state index contributed by atoms with van der Waals surface area (Å²) in [5.41, 5.74) is 1.54. The predicted octanol–water partition coefficient (Wildman–Crippen LogP) is 3.07. The van der Waals surface area contributed by atoms with Crippen molar-refractivity contribution in [2.24, 2.45) is 0 Å². The second-order valence-corrected chi connectivity index (χ2v) is 6.94. The van der Waals surface area contributed by atoms with Crippen LogP contribution in [-0.2, 0) is 0 Å². The van der Waals surface area contributed by atoms with Gasteiger partial charge < -0.3 is 10.1 Å². The van der Waals surface area contributed by atoms with E-state index in [9.17, 15) is 14.9 Å². The fourth-order valence-electron chi connectivity index (χ4n) is 3.55. The van der Waals surface area contributed by atoms with Crippen LogP contribution < -0.4 is 10.1 Å². The molecule has 1 fully saturated rings. The molecule has 1 saturated heterocycles. The molecule has 1 aliphatic carbocycles. The maximum atomic E-state index is 12.6. The van der Waals surface area contributed by atoms with Crippen LogP contribution in [0.2, 0.25) is 0 Å². The number of nitro groups is 1. The summed E-state index contributed by atoms with van der Waals surface area (Å²) in [6.45, 7) is 2.85. The van der Waals surface area contributed by atoms with Crippen molar-refractivity contribution in [3.63, 3.8) is 0 Å². The van der Waals surface area contributed by atoms with Crippen LogP contribution in [0.15, 0.2) is 42.0 Å². The third-order valence-corrected chi connectivity index (χ3v) is 5.08. The first kappa shape index (κ1) is 19.1. The number of methoxy groups -OCH3 is 1. The van der Waals surface area contributed by atoms with Gasteiger partial charge in [-0.15, -0.1) is 0 Å². The Morgan fingerprint density at radius 3 is 2.74 bits per heavy atom. The van der Waals surface area contributed by atoms with Crippen molar-refractivity contribution in [3.8, 4) is 5.75 Å². The molecule has 0 spiro atoms. The van der Waals surface area contributed by atoms with E-state index in [1.807, 2.05) is 0 Å². The second kappa shape index (κ2) is 8.81. The summed E-state index contributed by atoms with van der Waals surface area (Å²) in [7, 11) is 1.45. The van der Waals surface area contributed by atoms with E-state index < -0.39 is 4.92 Å². The number of likely N-dealkylation sites (tertiary alicyclic amines) is 1. The number of rotatable bonds is 6. The van der Waals surface area contributed by atoms with Gasteiger partial charge in [-0.3, -0.25) is 19.8 Å². The molecule has 7 nitrogen and oxygen atoms in total. The Morgan fingerprint density at radius 2 is 2.11 bits per heavy atom. The number of benzene rings is 1. The van der Waals surface area contributed by atoms with Gasteiger partial charge in [0.15, 0.2) is 0 Å². The van der Waals surface area contributed by atoms with Crippen molar-refractivity contribution < 1.29 is 14.5 Å². The lowest BCUT2D eigenvalue weighted by molar-refractivity contribution is -0.384. The first-order valence-electron chi connectivity index (χ1n) is 9.25. The van der Waals surface area contributed by atoms with Crippen LogP contribution in [0.5, 0.6) is 5.75 Å². The van der Waals surface area contributed by atoms with Gasteiger partial charge in [0, 0.05) is 37.8 Å². The van der Waals surface area contributed by atoms with Crippen molar-refractivity contribution in [2.75, 3.05) is 26.7 Å². The van der Waals surface area contributed by atoms with Crippen LogP contribution in [0, 0.1) is 10.1 Å². The summed E-state index contributed by atoms with van der Waals surface area (Å²) in [5.74, 6) is 0.0157. The molecule has 0 atom stereocenters. The van der Waals surface area contributed by atoms with Crippen molar-refractivity contribution in [2.45, 2.75) is 31.7 Å². The smallest absolute Gasteiger partial charge is 0.270 e. The number of ether oxygens (including phenoxy) is 1. The molecular formula is C20H25N3O4. The Morgan fingerprint density at radius 1 is 1.33 bits per heavy atom. The highest BCUT2D eigenvalue weighted by Crippen LogP contribution is 2.24. The third kappa shape index (κ3) is 4.95. The minimum atomic E-state index is -0.510. The zero-order chi connectivity index (χ0) is 19.2. The van der Waals surface area contributed by atoms with Gasteiger partial charge in [0.2, 0.25) is 0 Å². The Bertz CT molecular complexity index is 764. The van der Waals surface area contributed by atoms with Crippen molar-refractivity contribution in [1.82, 2.24) is 10.2 Å². The fraction of sp³-hybridized carbons (Fsp3) is 0.450. The predicted molar refractivity (Wildman–Crippen MR) is 103 cm³/mol. The van der Waals surface area contributed by atoms with Crippen LogP contribution in [0.25, 0.3) is 0 Å². The SMILES string of the molecule is COc1ccc([N+](=O)[O-])cc1C(=O)NC1CCN(CC2=CCC=CC2)CC1. The molecule has 0 radical (unpaired) electrons. The van der Waals surface area contributed by atoms with Gasteiger partial charge in [0.25, 0.3) is 11.6 Å². The van der Waals surface area contributed by atoms with Crippen LogP contribution in [-0.4, -0.2) is 48.5 Å². The number of allylic oxidation sites excluding steroid dienone is 3. The minimum Gasteiger partial charge on any atom is -0.496 e. The zero-order valence-corrected chi connectivity index (χ0v) is 15.5. The average Bonchev–Trinajstić information content (AvgIpc) is 2.69. The van der Waals surface area contributed by atoms with Crippen LogP contribution in [0.1, 0.15) is 36.0 Å². The summed E-state index contributed by atoms with van der Waals surface area (Å²) in [6, 6.07) is 4.13. The van der Waals surface area contributed by atoms with Crippen molar-refractivity contribution >= 4 is 11.6 Å². The van der Waals surface area contributed by atoms with E-state index in [1.54, 1.807) is 0 Å². The Balaban J connectivity index is 1.55. The van der Waals surface area contributed by atoms with Gasteiger partial charge in [-0.25, -0.2) is 0 Å². The maximum absolute atomic E-state index is 12.6. The molecule has 3 rings (SSSR count). The minimum absolute atomic E-state index is 0.0675. The molecular weight excluding hydrogens is 346 g/mol. The van der Waals surface area contributed by atoms with E-state index in [4.69, 9.17) is 4.74 Å². The molecule has 1 aliphatic heterocycles. The number of non-ortho nitro benzene ring substituents is 1. The summed E-state index contributed by atoms with van der Waals surface area (Å²) in [4.78, 5) is 25.5. The second-order valence-electron chi connectivity index (χ2n) is 6.94. The Labute approximate surface area is 158 Å². The summed E-state index contributed by atoms with van der Waals surface area (Å²) < 4.78 is 5.19. The summed E-state index contributed by atoms with van der Waals surface area (Å²) in [6.07, 6.45) is 10.5. The average molecular weight is 371 g/mol. The number of piperidine rings is 1. The van der Waals surface area contributed by atoms with Crippen molar-refractivity contribution in [3.05, 3.63) is 57.7 Å². The largest absolute Gasteiger partial charge is 0.496 e. The number of hydrogen-bond acceptors (Lipinski definition) is 5. The number of nitro benzene ring substituents is 1. The Kier molecular flexibility index (Phi) is 6.24. The molecule has 0 bridgehead atoms. The van der Waals surface area contributed by atoms with Gasteiger partial charge in [-0.2, -0.15) is 0 Å².